The Morgan fingerprint density at radius 2 is 1.85 bits per heavy atom. The fourth-order valence-corrected chi connectivity index (χ4v) is 3.51. The Bertz CT molecular complexity index is 395. The molecule has 2 saturated carbocycles. The maximum Gasteiger partial charge on any atom is 0.307 e. The molecule has 2 fully saturated rings. The lowest BCUT2D eigenvalue weighted by Crippen LogP contribution is -2.50. The van der Waals surface area contributed by atoms with Crippen molar-refractivity contribution in [2.24, 2.45) is 17.8 Å². The second-order valence-corrected chi connectivity index (χ2v) is 5.77. The van der Waals surface area contributed by atoms with Gasteiger partial charge in [0.05, 0.1) is 30.3 Å². The van der Waals surface area contributed by atoms with Gasteiger partial charge in [-0.3, -0.25) is 9.59 Å². The van der Waals surface area contributed by atoms with Crippen LogP contribution in [0.1, 0.15) is 33.6 Å². The number of aliphatic hydroxyl groups excluding tert-OH is 1. The highest BCUT2D eigenvalue weighted by Crippen LogP contribution is 2.58. The van der Waals surface area contributed by atoms with Crippen LogP contribution in [0, 0.1) is 17.8 Å². The summed E-state index contributed by atoms with van der Waals surface area (Å²) in [6.45, 7) is 5.40. The third-order valence-electron chi connectivity index (χ3n) is 4.54. The molecule has 0 bridgehead atoms. The molecule has 0 unspecified atom stereocenters. The van der Waals surface area contributed by atoms with E-state index < -0.39 is 30.1 Å². The lowest BCUT2D eigenvalue weighted by Gasteiger charge is -2.30. The molecular formula is C14H23NO5. The first-order valence-corrected chi connectivity index (χ1v) is 7.25. The summed E-state index contributed by atoms with van der Waals surface area (Å²) in [5.41, 5.74) is 0. The van der Waals surface area contributed by atoms with Gasteiger partial charge in [0.25, 0.3) is 0 Å². The third kappa shape index (κ3) is 2.54. The molecule has 6 atom stereocenters. The highest BCUT2D eigenvalue weighted by molar-refractivity contribution is 5.76. The minimum absolute atomic E-state index is 0.0252. The van der Waals surface area contributed by atoms with E-state index in [9.17, 15) is 14.7 Å². The molecule has 0 heterocycles. The maximum absolute atomic E-state index is 11.3. The Balaban J connectivity index is 2.13. The largest absolute Gasteiger partial charge is 0.481 e. The molecule has 2 aliphatic rings. The molecule has 1 amide bonds. The molecule has 0 aromatic heterocycles. The van der Waals surface area contributed by atoms with Crippen LogP contribution in [0.5, 0.6) is 0 Å². The van der Waals surface area contributed by atoms with Crippen LogP contribution < -0.4 is 5.32 Å². The first-order chi connectivity index (χ1) is 9.42. The quantitative estimate of drug-likeness (QED) is 0.656. The first-order valence-electron chi connectivity index (χ1n) is 7.25. The van der Waals surface area contributed by atoms with Crippen LogP contribution in [-0.2, 0) is 14.3 Å². The number of fused-ring (bicyclic) bond motifs is 1. The standard InChI is InChI=1S/C14H23NO5/c1-4-7(5-2)20-13-9-8(10(9)14(18)19)12(17)11(13)15-6(3)16/h7-13,17H,4-5H2,1-3H3,(H,15,16)(H,18,19)/t8-,9+,10+,11-,12+,13-/m1/s1. The molecule has 0 aromatic carbocycles. The van der Waals surface area contributed by atoms with E-state index in [2.05, 4.69) is 5.32 Å². The van der Waals surface area contributed by atoms with Crippen LogP contribution >= 0.6 is 0 Å². The normalized spacial score (nSPS) is 38.6. The number of nitrogens with one attached hydrogen (secondary N) is 1. The maximum atomic E-state index is 11.3. The van der Waals surface area contributed by atoms with Crippen molar-refractivity contribution >= 4 is 11.9 Å². The van der Waals surface area contributed by atoms with Crippen molar-refractivity contribution in [2.75, 3.05) is 0 Å². The van der Waals surface area contributed by atoms with E-state index >= 15 is 0 Å². The number of hydrogen-bond donors (Lipinski definition) is 3. The van der Waals surface area contributed by atoms with Crippen molar-refractivity contribution in [3.8, 4) is 0 Å². The summed E-state index contributed by atoms with van der Waals surface area (Å²) < 4.78 is 5.99. The van der Waals surface area contributed by atoms with Gasteiger partial charge in [-0.15, -0.1) is 0 Å². The molecular weight excluding hydrogens is 262 g/mol. The summed E-state index contributed by atoms with van der Waals surface area (Å²) in [6.07, 6.45) is 0.419. The minimum atomic E-state index is -0.890. The molecule has 0 aliphatic heterocycles. The number of carbonyl (C=O) groups excluding carboxylic acids is 1. The molecule has 114 valence electrons. The lowest BCUT2D eigenvalue weighted by molar-refractivity contribution is -0.142. The van der Waals surface area contributed by atoms with Gasteiger partial charge in [0.15, 0.2) is 0 Å². The Labute approximate surface area is 118 Å². The van der Waals surface area contributed by atoms with Crippen molar-refractivity contribution in [3.63, 3.8) is 0 Å². The predicted molar refractivity (Wildman–Crippen MR) is 71.0 cm³/mol. The Kier molecular flexibility index (Phi) is 4.34. The number of carbonyl (C=O) groups is 2. The topological polar surface area (TPSA) is 95.9 Å². The molecule has 6 nitrogen and oxygen atoms in total. The molecule has 0 radical (unpaired) electrons. The van der Waals surface area contributed by atoms with Crippen molar-refractivity contribution in [3.05, 3.63) is 0 Å². The van der Waals surface area contributed by atoms with Gasteiger partial charge in [0, 0.05) is 18.8 Å². The van der Waals surface area contributed by atoms with Gasteiger partial charge < -0.3 is 20.3 Å². The van der Waals surface area contributed by atoms with E-state index in [-0.39, 0.29) is 23.8 Å². The van der Waals surface area contributed by atoms with E-state index in [0.717, 1.165) is 12.8 Å². The molecule has 0 saturated heterocycles. The minimum Gasteiger partial charge on any atom is -0.481 e. The zero-order valence-electron chi connectivity index (χ0n) is 12.1. The van der Waals surface area contributed by atoms with Crippen molar-refractivity contribution in [1.29, 1.82) is 0 Å². The van der Waals surface area contributed by atoms with Crippen molar-refractivity contribution < 1.29 is 24.5 Å². The van der Waals surface area contributed by atoms with E-state index in [4.69, 9.17) is 9.84 Å². The molecule has 6 heteroatoms. The zero-order valence-corrected chi connectivity index (χ0v) is 12.1. The summed E-state index contributed by atoms with van der Waals surface area (Å²) >= 11 is 0. The second-order valence-electron chi connectivity index (χ2n) is 5.77. The molecule has 3 N–H and O–H groups in total. The molecule has 2 rings (SSSR count). The van der Waals surface area contributed by atoms with Crippen molar-refractivity contribution in [1.82, 2.24) is 5.32 Å². The van der Waals surface area contributed by atoms with Crippen molar-refractivity contribution in [2.45, 2.75) is 58.0 Å². The SMILES string of the molecule is CCC(CC)O[C@H]1[C@H](NC(C)=O)[C@@H](O)[C@H]2[C@H](C(=O)O)[C@@H]12. The van der Waals surface area contributed by atoms with Gasteiger partial charge in [0.2, 0.25) is 5.91 Å². The van der Waals surface area contributed by atoms with Gasteiger partial charge in [0.1, 0.15) is 0 Å². The van der Waals surface area contributed by atoms with Crippen LogP contribution in [0.15, 0.2) is 0 Å². The molecule has 2 aliphatic carbocycles. The monoisotopic (exact) mass is 285 g/mol. The van der Waals surface area contributed by atoms with Gasteiger partial charge in [-0.2, -0.15) is 0 Å². The van der Waals surface area contributed by atoms with E-state index in [0.29, 0.717) is 0 Å². The number of ether oxygens (including phenoxy) is 1. The number of aliphatic hydroxyl groups is 1. The predicted octanol–water partition coefficient (Wildman–Crippen LogP) is 0.386. The Morgan fingerprint density at radius 1 is 1.25 bits per heavy atom. The van der Waals surface area contributed by atoms with Crippen LogP contribution in [0.25, 0.3) is 0 Å². The average molecular weight is 285 g/mol. The molecule has 0 spiro atoms. The van der Waals surface area contributed by atoms with E-state index in [1.54, 1.807) is 0 Å². The van der Waals surface area contributed by atoms with Gasteiger partial charge in [-0.05, 0) is 12.8 Å². The van der Waals surface area contributed by atoms with E-state index in [1.807, 2.05) is 13.8 Å². The number of amides is 1. The van der Waals surface area contributed by atoms with Crippen LogP contribution in [0.4, 0.5) is 0 Å². The van der Waals surface area contributed by atoms with Gasteiger partial charge >= 0.3 is 5.97 Å². The van der Waals surface area contributed by atoms with Gasteiger partial charge in [-0.25, -0.2) is 0 Å². The number of carboxylic acids is 1. The smallest absolute Gasteiger partial charge is 0.307 e. The fourth-order valence-electron chi connectivity index (χ4n) is 3.51. The zero-order chi connectivity index (χ0) is 15.0. The summed E-state index contributed by atoms with van der Waals surface area (Å²) in [4.78, 5) is 22.4. The highest BCUT2D eigenvalue weighted by Gasteiger charge is 2.70. The number of aliphatic carboxylic acids is 1. The number of rotatable bonds is 6. The van der Waals surface area contributed by atoms with Gasteiger partial charge in [-0.1, -0.05) is 13.8 Å². The Morgan fingerprint density at radius 3 is 2.30 bits per heavy atom. The average Bonchev–Trinajstić information content (AvgIpc) is 3.06. The summed E-state index contributed by atoms with van der Waals surface area (Å²) in [7, 11) is 0. The third-order valence-corrected chi connectivity index (χ3v) is 4.54. The summed E-state index contributed by atoms with van der Waals surface area (Å²) in [5.74, 6) is -2.17. The molecule has 20 heavy (non-hydrogen) atoms. The van der Waals surface area contributed by atoms with Crippen LogP contribution in [0.3, 0.4) is 0 Å². The lowest BCUT2D eigenvalue weighted by atomic mass is 10.0. The first kappa shape index (κ1) is 15.3. The summed E-state index contributed by atoms with van der Waals surface area (Å²) in [6, 6.07) is -0.501. The number of carboxylic acid groups (broad SMARTS) is 1. The molecule has 0 aromatic rings. The highest BCUT2D eigenvalue weighted by atomic mass is 16.5. The second kappa shape index (κ2) is 5.69. The van der Waals surface area contributed by atoms with Crippen LogP contribution in [-0.4, -0.2) is 46.4 Å². The van der Waals surface area contributed by atoms with E-state index in [1.165, 1.54) is 6.92 Å². The number of hydrogen-bond acceptors (Lipinski definition) is 4. The fraction of sp³-hybridized carbons (Fsp3) is 0.857. The Hall–Kier alpha value is -1.14. The summed E-state index contributed by atoms with van der Waals surface area (Å²) in [5, 5.41) is 22.1. The van der Waals surface area contributed by atoms with Crippen LogP contribution in [0.2, 0.25) is 0 Å².